The summed E-state index contributed by atoms with van der Waals surface area (Å²) in [7, 11) is 0. The first-order valence-electron chi connectivity index (χ1n) is 5.10. The Bertz CT molecular complexity index is 633. The van der Waals surface area contributed by atoms with Gasteiger partial charge in [-0.05, 0) is 18.2 Å². The monoisotopic (exact) mass is 296 g/mol. The lowest BCUT2D eigenvalue weighted by atomic mass is 10.0. The minimum Gasteiger partial charge on any atom is -0.260 e. The number of benzene rings is 1. The van der Waals surface area contributed by atoms with Gasteiger partial charge in [0.1, 0.15) is 0 Å². The summed E-state index contributed by atoms with van der Waals surface area (Å²) in [5.74, 6) is 0. The van der Waals surface area contributed by atoms with Gasteiger partial charge in [0, 0.05) is 17.3 Å². The van der Waals surface area contributed by atoms with Crippen LogP contribution in [0.3, 0.4) is 0 Å². The first kappa shape index (κ1) is 13.2. The second kappa shape index (κ2) is 5.58. The predicted molar refractivity (Wildman–Crippen MR) is 74.0 cm³/mol. The molecule has 1 heterocycles. The number of nitrogens with zero attached hydrogens (tertiary/aromatic N) is 2. The van der Waals surface area contributed by atoms with E-state index >= 15 is 0 Å². The number of pyridine rings is 1. The van der Waals surface area contributed by atoms with Gasteiger partial charge in [-0.2, -0.15) is 5.26 Å². The molecule has 0 fully saturated rings. The Labute approximate surface area is 120 Å². The second-order valence-electron chi connectivity index (χ2n) is 3.55. The third-order valence-electron chi connectivity index (χ3n) is 2.45. The summed E-state index contributed by atoms with van der Waals surface area (Å²) in [5, 5.41) is 10.1. The van der Waals surface area contributed by atoms with Crippen molar-refractivity contribution in [3.8, 4) is 17.2 Å². The van der Waals surface area contributed by atoms with E-state index in [4.69, 9.17) is 40.1 Å². The highest BCUT2D eigenvalue weighted by molar-refractivity contribution is 6.46. The summed E-state index contributed by atoms with van der Waals surface area (Å²) < 4.78 is 0. The summed E-state index contributed by atoms with van der Waals surface area (Å²) >= 11 is 18.3. The molecular formula is C13H7Cl3N2. The van der Waals surface area contributed by atoms with Gasteiger partial charge in [0.25, 0.3) is 0 Å². The number of hydrogen-bond acceptors (Lipinski definition) is 2. The lowest BCUT2D eigenvalue weighted by Gasteiger charge is -2.11. The highest BCUT2D eigenvalue weighted by Crippen LogP contribution is 2.39. The number of nitriles is 1. The van der Waals surface area contributed by atoms with Crippen molar-refractivity contribution in [1.29, 1.82) is 5.26 Å². The van der Waals surface area contributed by atoms with Gasteiger partial charge >= 0.3 is 0 Å². The molecule has 0 atom stereocenters. The minimum absolute atomic E-state index is 0.190. The van der Waals surface area contributed by atoms with Crippen molar-refractivity contribution in [2.45, 2.75) is 6.42 Å². The molecule has 0 saturated heterocycles. The fourth-order valence-electron chi connectivity index (χ4n) is 1.66. The van der Waals surface area contributed by atoms with Crippen molar-refractivity contribution in [1.82, 2.24) is 4.98 Å². The zero-order valence-corrected chi connectivity index (χ0v) is 11.4. The van der Waals surface area contributed by atoms with Crippen LogP contribution in [0.2, 0.25) is 15.1 Å². The van der Waals surface area contributed by atoms with Crippen LogP contribution in [0.15, 0.2) is 30.5 Å². The van der Waals surface area contributed by atoms with Gasteiger partial charge in [0.05, 0.1) is 33.3 Å². The van der Waals surface area contributed by atoms with Crippen LogP contribution < -0.4 is 0 Å². The molecule has 2 nitrogen and oxygen atoms in total. The maximum absolute atomic E-state index is 8.80. The van der Waals surface area contributed by atoms with Crippen molar-refractivity contribution in [3.05, 3.63) is 51.2 Å². The average Bonchev–Trinajstić information content (AvgIpc) is 2.37. The van der Waals surface area contributed by atoms with E-state index in [0.717, 1.165) is 5.56 Å². The molecule has 0 amide bonds. The minimum atomic E-state index is 0.190. The zero-order chi connectivity index (χ0) is 13.1. The molecule has 0 aliphatic rings. The fraction of sp³-hybridized carbons (Fsp3) is 0.0769. The highest BCUT2D eigenvalue weighted by Gasteiger charge is 2.15. The molecule has 0 saturated carbocycles. The Morgan fingerprint density at radius 2 is 1.83 bits per heavy atom. The van der Waals surface area contributed by atoms with E-state index in [1.807, 2.05) is 6.07 Å². The van der Waals surface area contributed by atoms with Crippen molar-refractivity contribution >= 4 is 34.8 Å². The first-order valence-corrected chi connectivity index (χ1v) is 6.23. The van der Waals surface area contributed by atoms with Crippen LogP contribution >= 0.6 is 34.8 Å². The van der Waals surface area contributed by atoms with Gasteiger partial charge in [-0.1, -0.05) is 40.9 Å². The molecule has 1 aromatic heterocycles. The summed E-state index contributed by atoms with van der Waals surface area (Å²) in [5.41, 5.74) is 1.98. The number of halogens is 3. The van der Waals surface area contributed by atoms with Crippen molar-refractivity contribution in [3.63, 3.8) is 0 Å². The maximum Gasteiger partial charge on any atom is 0.0781 e. The van der Waals surface area contributed by atoms with Gasteiger partial charge < -0.3 is 0 Å². The molecule has 1 aromatic carbocycles. The molecule has 0 unspecified atom stereocenters. The molecule has 0 aliphatic carbocycles. The first-order chi connectivity index (χ1) is 8.65. The van der Waals surface area contributed by atoms with E-state index in [9.17, 15) is 0 Å². The van der Waals surface area contributed by atoms with Crippen LogP contribution in [0, 0.1) is 11.3 Å². The Morgan fingerprint density at radius 1 is 1.11 bits per heavy atom. The van der Waals surface area contributed by atoms with Gasteiger partial charge in [-0.15, -0.1) is 0 Å². The third kappa shape index (κ3) is 2.44. The quantitative estimate of drug-likeness (QED) is 0.748. The van der Waals surface area contributed by atoms with Crippen LogP contribution in [-0.2, 0) is 6.42 Å². The Balaban J connectivity index is 2.70. The van der Waals surface area contributed by atoms with Crippen LogP contribution in [0.1, 0.15) is 5.69 Å². The van der Waals surface area contributed by atoms with Crippen LogP contribution in [0.4, 0.5) is 0 Å². The molecule has 0 aliphatic heterocycles. The number of aromatic nitrogens is 1. The van der Waals surface area contributed by atoms with E-state index < -0.39 is 0 Å². The molecule has 18 heavy (non-hydrogen) atoms. The predicted octanol–water partition coefficient (Wildman–Crippen LogP) is 4.77. The summed E-state index contributed by atoms with van der Waals surface area (Å²) in [6.45, 7) is 0. The van der Waals surface area contributed by atoms with Crippen LogP contribution in [0.25, 0.3) is 11.1 Å². The van der Waals surface area contributed by atoms with Crippen LogP contribution in [0.5, 0.6) is 0 Å². The van der Waals surface area contributed by atoms with Crippen molar-refractivity contribution in [2.24, 2.45) is 0 Å². The molecule has 0 radical (unpaired) electrons. The van der Waals surface area contributed by atoms with E-state index in [1.165, 1.54) is 0 Å². The number of rotatable bonds is 2. The average molecular weight is 298 g/mol. The number of hydrogen-bond donors (Lipinski definition) is 0. The van der Waals surface area contributed by atoms with E-state index in [1.54, 1.807) is 24.4 Å². The van der Waals surface area contributed by atoms with E-state index in [2.05, 4.69) is 11.1 Å². The molecular weight excluding hydrogens is 291 g/mol. The highest BCUT2D eigenvalue weighted by atomic mass is 35.5. The molecule has 90 valence electrons. The maximum atomic E-state index is 8.80. The largest absolute Gasteiger partial charge is 0.260 e. The molecule has 5 heteroatoms. The topological polar surface area (TPSA) is 36.7 Å². The lowest BCUT2D eigenvalue weighted by Crippen LogP contribution is -1.94. The Kier molecular flexibility index (Phi) is 4.08. The standard InChI is InChI=1S/C13H7Cl3N2/c14-9-3-4-10(15)13(16)12(9)8-2-1-7-18-11(8)5-6-17/h1-4,7H,5H2. The zero-order valence-electron chi connectivity index (χ0n) is 9.12. The van der Waals surface area contributed by atoms with E-state index in [-0.39, 0.29) is 6.42 Å². The van der Waals surface area contributed by atoms with Gasteiger partial charge in [0.15, 0.2) is 0 Å². The SMILES string of the molecule is N#CCc1ncccc1-c1c(Cl)ccc(Cl)c1Cl. The van der Waals surface area contributed by atoms with Gasteiger partial charge in [-0.25, -0.2) is 0 Å². The smallest absolute Gasteiger partial charge is 0.0781 e. The Morgan fingerprint density at radius 3 is 2.56 bits per heavy atom. The normalized spacial score (nSPS) is 10.1. The van der Waals surface area contributed by atoms with Crippen molar-refractivity contribution < 1.29 is 0 Å². The molecule has 2 rings (SSSR count). The fourth-order valence-corrected chi connectivity index (χ4v) is 2.39. The van der Waals surface area contributed by atoms with Gasteiger partial charge in [-0.3, -0.25) is 4.98 Å². The summed E-state index contributed by atoms with van der Waals surface area (Å²) in [4.78, 5) is 4.17. The van der Waals surface area contributed by atoms with Gasteiger partial charge in [0.2, 0.25) is 0 Å². The van der Waals surface area contributed by atoms with Crippen LogP contribution in [-0.4, -0.2) is 4.98 Å². The van der Waals surface area contributed by atoms with E-state index in [0.29, 0.717) is 26.3 Å². The summed E-state index contributed by atoms with van der Waals surface area (Å²) in [6, 6.07) is 8.97. The third-order valence-corrected chi connectivity index (χ3v) is 3.57. The molecule has 2 aromatic rings. The summed E-state index contributed by atoms with van der Waals surface area (Å²) in [6.07, 6.45) is 1.82. The molecule has 0 spiro atoms. The lowest BCUT2D eigenvalue weighted by molar-refractivity contribution is 1.12. The van der Waals surface area contributed by atoms with Crippen molar-refractivity contribution in [2.75, 3.05) is 0 Å². The second-order valence-corrected chi connectivity index (χ2v) is 4.74. The molecule has 0 N–H and O–H groups in total. The Hall–Kier alpha value is -1.27. The molecule has 0 bridgehead atoms.